The number of aromatic nitrogens is 4. The van der Waals surface area contributed by atoms with E-state index in [1.807, 2.05) is 64.5 Å². The van der Waals surface area contributed by atoms with Crippen molar-refractivity contribution in [2.45, 2.75) is 39.4 Å². The molecule has 0 unspecified atom stereocenters. The van der Waals surface area contributed by atoms with E-state index in [4.69, 9.17) is 21.3 Å². The van der Waals surface area contributed by atoms with Crippen LogP contribution in [0, 0.1) is 13.8 Å². The van der Waals surface area contributed by atoms with E-state index in [9.17, 15) is 0 Å². The minimum atomic E-state index is -0.339. The smallest absolute Gasteiger partial charge is 0.157 e. The van der Waals surface area contributed by atoms with Gasteiger partial charge in [-0.3, -0.25) is 4.68 Å². The molecule has 0 N–H and O–H groups in total. The molecule has 0 saturated carbocycles. The lowest BCUT2D eigenvalue weighted by Crippen LogP contribution is -2.22. The van der Waals surface area contributed by atoms with Crippen molar-refractivity contribution in [3.05, 3.63) is 71.9 Å². The average molecular weight is 490 g/mol. The molecule has 34 heavy (non-hydrogen) atoms. The van der Waals surface area contributed by atoms with Gasteiger partial charge >= 0.3 is 0 Å². The number of nitrogens with zero attached hydrogens (tertiary/aromatic N) is 4. The Kier molecular flexibility index (Phi) is 5.71. The topological polar surface area (TPSA) is 52.8 Å². The summed E-state index contributed by atoms with van der Waals surface area (Å²) in [4.78, 5) is 9.60. The van der Waals surface area contributed by atoms with Crippen molar-refractivity contribution in [2.75, 3.05) is 0 Å². The highest BCUT2D eigenvalue weighted by Gasteiger charge is 2.25. The van der Waals surface area contributed by atoms with Gasteiger partial charge in [-0.05, 0) is 75.6 Å². The van der Waals surface area contributed by atoms with Crippen LogP contribution in [0.3, 0.4) is 0 Å². The van der Waals surface area contributed by atoms with Crippen LogP contribution in [0.1, 0.15) is 38.0 Å². The third-order valence-electron chi connectivity index (χ3n) is 5.70. The molecule has 0 aliphatic rings. The van der Waals surface area contributed by atoms with Crippen molar-refractivity contribution < 1.29 is 4.74 Å². The Bertz CT molecular complexity index is 1510. The van der Waals surface area contributed by atoms with Gasteiger partial charge < -0.3 is 4.74 Å². The molecule has 3 aromatic heterocycles. The lowest BCUT2D eigenvalue weighted by atomic mass is 9.92. The number of thiazole rings is 1. The highest BCUT2D eigenvalue weighted by molar-refractivity contribution is 7.22. The molecular weight excluding hydrogens is 464 g/mol. The molecule has 0 bridgehead atoms. The van der Waals surface area contributed by atoms with E-state index in [1.165, 1.54) is 0 Å². The average Bonchev–Trinajstić information content (AvgIpc) is 3.35. The van der Waals surface area contributed by atoms with Crippen LogP contribution in [-0.2, 0) is 11.8 Å². The molecule has 0 saturated heterocycles. The first kappa shape index (κ1) is 23.0. The molecule has 2 aromatic carbocycles. The minimum Gasteiger partial charge on any atom is -0.368 e. The van der Waals surface area contributed by atoms with Crippen LogP contribution < -0.4 is 0 Å². The fourth-order valence-electron chi connectivity index (χ4n) is 4.30. The van der Waals surface area contributed by atoms with Crippen molar-refractivity contribution in [1.29, 1.82) is 0 Å². The first-order valence-corrected chi connectivity index (χ1v) is 12.3. The summed E-state index contributed by atoms with van der Waals surface area (Å²) in [6.45, 7) is 12.6. The van der Waals surface area contributed by atoms with Crippen LogP contribution >= 0.6 is 22.9 Å². The van der Waals surface area contributed by atoms with Crippen molar-refractivity contribution >= 4 is 44.2 Å². The lowest BCUT2D eigenvalue weighted by Gasteiger charge is -2.28. The van der Waals surface area contributed by atoms with Crippen LogP contribution in [0.4, 0.5) is 0 Å². The number of aryl methyl sites for hydroxylation is 2. The van der Waals surface area contributed by atoms with E-state index < -0.39 is 0 Å². The zero-order valence-electron chi connectivity index (χ0n) is 19.9. The fourth-order valence-corrected chi connectivity index (χ4v) is 5.53. The molecule has 0 fully saturated rings. The number of hydrogen-bond acceptors (Lipinski definition) is 5. The summed E-state index contributed by atoms with van der Waals surface area (Å²) >= 11 is 7.87. The number of benzene rings is 2. The highest BCUT2D eigenvalue weighted by atomic mass is 35.5. The first-order valence-electron chi connectivity index (χ1n) is 11.1. The van der Waals surface area contributed by atoms with Crippen molar-refractivity contribution in [2.24, 2.45) is 7.05 Å². The van der Waals surface area contributed by atoms with E-state index in [2.05, 4.69) is 36.1 Å². The van der Waals surface area contributed by atoms with Crippen LogP contribution in [0.2, 0.25) is 5.02 Å². The predicted molar refractivity (Wildman–Crippen MR) is 141 cm³/mol. The van der Waals surface area contributed by atoms with Crippen LogP contribution in [0.15, 0.2) is 48.8 Å². The molecule has 0 spiro atoms. The second-order valence-electron chi connectivity index (χ2n) is 9.48. The molecule has 0 aliphatic carbocycles. The monoisotopic (exact) mass is 489 g/mol. The van der Waals surface area contributed by atoms with Gasteiger partial charge in [-0.15, -0.1) is 11.3 Å². The minimum absolute atomic E-state index is 0.325. The van der Waals surface area contributed by atoms with E-state index >= 15 is 0 Å². The zero-order chi connectivity index (χ0) is 24.2. The Balaban J connectivity index is 1.74. The molecular formula is C27H26ClN4OS. The third kappa shape index (κ3) is 4.22. The number of rotatable bonds is 4. The molecule has 1 radical (unpaired) electrons. The van der Waals surface area contributed by atoms with Gasteiger partial charge in [0.05, 0.1) is 28.1 Å². The SMILES string of the molecule is [CH2][C@H](OC(C)(C)C)c1c(C)cc2nc(-c3cnc4c(cnn4C)c3)sc2c1-c1ccc(Cl)cc1. The summed E-state index contributed by atoms with van der Waals surface area (Å²) < 4.78 is 9.18. The summed E-state index contributed by atoms with van der Waals surface area (Å²) in [5.74, 6) is 0. The number of fused-ring (bicyclic) bond motifs is 2. The maximum Gasteiger partial charge on any atom is 0.157 e. The van der Waals surface area contributed by atoms with Gasteiger partial charge in [0.1, 0.15) is 5.01 Å². The number of hydrogen-bond donors (Lipinski definition) is 0. The third-order valence-corrected chi connectivity index (χ3v) is 7.09. The van der Waals surface area contributed by atoms with Crippen molar-refractivity contribution in [3.63, 3.8) is 0 Å². The van der Waals surface area contributed by atoms with E-state index in [1.54, 1.807) is 16.0 Å². The molecule has 5 nitrogen and oxygen atoms in total. The van der Waals surface area contributed by atoms with Gasteiger partial charge in [-0.2, -0.15) is 5.10 Å². The molecule has 5 rings (SSSR count). The summed E-state index contributed by atoms with van der Waals surface area (Å²) in [7, 11) is 1.89. The fraction of sp³-hybridized carbons (Fsp3) is 0.259. The Morgan fingerprint density at radius 3 is 2.53 bits per heavy atom. The summed E-state index contributed by atoms with van der Waals surface area (Å²) in [5.41, 5.74) is 6.77. The normalized spacial score (nSPS) is 13.1. The Morgan fingerprint density at radius 1 is 1.09 bits per heavy atom. The zero-order valence-corrected chi connectivity index (χ0v) is 21.5. The number of halogens is 1. The number of ether oxygens (including phenoxy) is 1. The van der Waals surface area contributed by atoms with Crippen LogP contribution in [0.25, 0.3) is 42.9 Å². The van der Waals surface area contributed by atoms with E-state index in [0.29, 0.717) is 5.02 Å². The Labute approximate surface area is 208 Å². The van der Waals surface area contributed by atoms with Crippen LogP contribution in [-0.4, -0.2) is 25.3 Å². The van der Waals surface area contributed by atoms with E-state index in [0.717, 1.165) is 54.1 Å². The largest absolute Gasteiger partial charge is 0.368 e. The highest BCUT2D eigenvalue weighted by Crippen LogP contribution is 2.44. The first-order chi connectivity index (χ1) is 16.1. The summed E-state index contributed by atoms with van der Waals surface area (Å²) in [6, 6.07) is 12.2. The van der Waals surface area contributed by atoms with Crippen molar-refractivity contribution in [1.82, 2.24) is 19.7 Å². The quantitative estimate of drug-likeness (QED) is 0.261. The maximum absolute atomic E-state index is 6.31. The molecule has 0 amide bonds. The van der Waals surface area contributed by atoms with E-state index in [-0.39, 0.29) is 11.7 Å². The summed E-state index contributed by atoms with van der Waals surface area (Å²) in [6.07, 6.45) is 3.36. The molecule has 1 atom stereocenters. The number of pyridine rings is 1. The Hall–Kier alpha value is -2.80. The summed E-state index contributed by atoms with van der Waals surface area (Å²) in [5, 5.41) is 6.92. The second kappa shape index (κ2) is 8.45. The van der Waals surface area contributed by atoms with Gasteiger partial charge in [0, 0.05) is 34.8 Å². The van der Waals surface area contributed by atoms with Gasteiger partial charge in [0.25, 0.3) is 0 Å². The second-order valence-corrected chi connectivity index (χ2v) is 10.9. The van der Waals surface area contributed by atoms with Crippen LogP contribution in [0.5, 0.6) is 0 Å². The maximum atomic E-state index is 6.31. The van der Waals surface area contributed by atoms with Gasteiger partial charge in [-0.25, -0.2) is 9.97 Å². The molecule has 5 aromatic rings. The molecule has 7 heteroatoms. The Morgan fingerprint density at radius 2 is 1.82 bits per heavy atom. The lowest BCUT2D eigenvalue weighted by molar-refractivity contribution is -0.0408. The predicted octanol–water partition coefficient (Wildman–Crippen LogP) is 7.56. The molecule has 0 aliphatic heterocycles. The molecule has 3 heterocycles. The molecule has 173 valence electrons. The van der Waals surface area contributed by atoms with Gasteiger partial charge in [-0.1, -0.05) is 23.7 Å². The van der Waals surface area contributed by atoms with Crippen molar-refractivity contribution in [3.8, 4) is 21.7 Å². The van der Waals surface area contributed by atoms with Gasteiger partial charge in [0.2, 0.25) is 0 Å². The van der Waals surface area contributed by atoms with Gasteiger partial charge in [0.15, 0.2) is 5.65 Å². The standard InChI is InChI=1S/C27H26ClN4OS/c1-15-11-21-24(34-26(31-21)19-12-18-14-30-32(6)25(18)29-13-19)23(17-7-9-20(28)10-8-17)22(15)16(2)33-27(3,4)5/h7-14,16H,2H2,1,3-6H3/t16-/m0/s1.